The lowest BCUT2D eigenvalue weighted by molar-refractivity contribution is -0.111. The van der Waals surface area contributed by atoms with Crippen molar-refractivity contribution in [1.29, 1.82) is 0 Å². The van der Waals surface area contributed by atoms with Gasteiger partial charge in [0.1, 0.15) is 11.0 Å². The van der Waals surface area contributed by atoms with E-state index in [0.29, 0.717) is 10.8 Å². The molecular weight excluding hydrogens is 326 g/mol. The Bertz CT molecular complexity index is 879. The van der Waals surface area contributed by atoms with Crippen LogP contribution in [0.2, 0.25) is 5.15 Å². The fraction of sp³-hybridized carbons (Fsp3) is 0.118. The van der Waals surface area contributed by atoms with Crippen LogP contribution in [0.4, 0.5) is 5.69 Å². The molecule has 0 atom stereocenters. The van der Waals surface area contributed by atoms with Gasteiger partial charge in [-0.25, -0.2) is 4.98 Å². The highest BCUT2D eigenvalue weighted by Crippen LogP contribution is 2.20. The Balaban J connectivity index is 1.67. The average Bonchev–Trinajstić information content (AvgIpc) is 3.17. The highest BCUT2D eigenvalue weighted by Gasteiger charge is 2.08. The van der Waals surface area contributed by atoms with Gasteiger partial charge in [0.25, 0.3) is 0 Å². The van der Waals surface area contributed by atoms with Crippen LogP contribution in [0, 0.1) is 6.92 Å². The minimum atomic E-state index is -0.236. The van der Waals surface area contributed by atoms with Gasteiger partial charge in [-0.1, -0.05) is 11.6 Å². The molecule has 0 radical (unpaired) electrons. The molecule has 2 N–H and O–H groups in total. The summed E-state index contributed by atoms with van der Waals surface area (Å²) in [5, 5.41) is 7.50. The molecule has 1 amide bonds. The largest absolute Gasteiger partial charge is 0.345 e. The molecule has 6 nitrogen and oxygen atoms in total. The fourth-order valence-electron chi connectivity index (χ4n) is 2.31. The zero-order valence-electron chi connectivity index (χ0n) is 13.2. The lowest BCUT2D eigenvalue weighted by Crippen LogP contribution is -2.07. The Morgan fingerprint density at radius 1 is 1.33 bits per heavy atom. The van der Waals surface area contributed by atoms with Gasteiger partial charge >= 0.3 is 0 Å². The summed E-state index contributed by atoms with van der Waals surface area (Å²) in [6.45, 7) is 1.84. The maximum atomic E-state index is 12.0. The molecule has 7 heteroatoms. The van der Waals surface area contributed by atoms with Gasteiger partial charge < -0.3 is 10.3 Å². The summed E-state index contributed by atoms with van der Waals surface area (Å²) in [5.74, 6) is 0.550. The predicted octanol–water partition coefficient (Wildman–Crippen LogP) is 3.42. The molecule has 0 saturated heterocycles. The van der Waals surface area contributed by atoms with Crippen molar-refractivity contribution < 1.29 is 4.79 Å². The second-order valence-corrected chi connectivity index (χ2v) is 5.61. The number of nitrogens with one attached hydrogen (secondary N) is 2. The van der Waals surface area contributed by atoms with Crippen LogP contribution in [-0.4, -0.2) is 25.7 Å². The van der Waals surface area contributed by atoms with Gasteiger partial charge in [0, 0.05) is 42.3 Å². The summed E-state index contributed by atoms with van der Waals surface area (Å²) in [4.78, 5) is 19.3. The van der Waals surface area contributed by atoms with Crippen molar-refractivity contribution in [2.75, 3.05) is 5.32 Å². The Morgan fingerprint density at radius 2 is 2.08 bits per heavy atom. The number of hydrogen-bond donors (Lipinski definition) is 2. The van der Waals surface area contributed by atoms with Gasteiger partial charge in [0.2, 0.25) is 5.91 Å². The first-order valence-electron chi connectivity index (χ1n) is 7.32. The summed E-state index contributed by atoms with van der Waals surface area (Å²) in [6, 6.07) is 7.43. The minimum Gasteiger partial charge on any atom is -0.345 e. The van der Waals surface area contributed by atoms with E-state index < -0.39 is 0 Å². The molecule has 2 heterocycles. The third-order valence-electron chi connectivity index (χ3n) is 3.52. The average molecular weight is 342 g/mol. The van der Waals surface area contributed by atoms with E-state index >= 15 is 0 Å². The van der Waals surface area contributed by atoms with Crippen molar-refractivity contribution in [2.45, 2.75) is 6.92 Å². The van der Waals surface area contributed by atoms with Crippen LogP contribution in [-0.2, 0) is 11.8 Å². The van der Waals surface area contributed by atoms with Crippen LogP contribution in [0.25, 0.3) is 17.5 Å². The Labute approximate surface area is 144 Å². The first kappa shape index (κ1) is 16.0. The molecule has 122 valence electrons. The zero-order chi connectivity index (χ0) is 17.1. The number of carbonyl (C=O) groups excluding carboxylic acids is 1. The molecule has 1 aromatic carbocycles. The van der Waals surface area contributed by atoms with Crippen molar-refractivity contribution in [3.05, 3.63) is 59.1 Å². The molecule has 0 spiro atoms. The SMILES string of the molecule is Cc1nn(C)c(Cl)c1/C=C/C(=O)Nc1ccc(-c2ncc[nH]2)cc1. The van der Waals surface area contributed by atoms with Crippen LogP contribution in [0.1, 0.15) is 11.3 Å². The molecule has 24 heavy (non-hydrogen) atoms. The van der Waals surface area contributed by atoms with E-state index in [1.54, 1.807) is 30.2 Å². The van der Waals surface area contributed by atoms with Crippen molar-refractivity contribution >= 4 is 29.3 Å². The molecule has 0 bridgehead atoms. The van der Waals surface area contributed by atoms with Crippen LogP contribution in [0.15, 0.2) is 42.7 Å². The standard InChI is InChI=1S/C17H16ClN5O/c1-11-14(16(18)23(2)22-11)7-8-15(24)21-13-5-3-12(4-6-13)17-19-9-10-20-17/h3-10H,1-2H3,(H,19,20)(H,21,24)/b8-7+. The van der Waals surface area contributed by atoms with E-state index in [-0.39, 0.29) is 5.91 Å². The second kappa shape index (κ2) is 6.72. The molecule has 0 saturated carbocycles. The monoisotopic (exact) mass is 341 g/mol. The van der Waals surface area contributed by atoms with Crippen LogP contribution in [0.3, 0.4) is 0 Å². The number of aromatic nitrogens is 4. The van der Waals surface area contributed by atoms with E-state index in [0.717, 1.165) is 22.6 Å². The molecule has 0 aliphatic rings. The Morgan fingerprint density at radius 3 is 2.67 bits per heavy atom. The van der Waals surface area contributed by atoms with Crippen molar-refractivity contribution in [2.24, 2.45) is 7.05 Å². The minimum absolute atomic E-state index is 0.236. The molecular formula is C17H16ClN5O. The normalized spacial score (nSPS) is 11.1. The van der Waals surface area contributed by atoms with Gasteiger partial charge in [0.05, 0.1) is 5.69 Å². The smallest absolute Gasteiger partial charge is 0.248 e. The van der Waals surface area contributed by atoms with Crippen molar-refractivity contribution in [1.82, 2.24) is 19.7 Å². The third-order valence-corrected chi connectivity index (χ3v) is 3.97. The summed E-state index contributed by atoms with van der Waals surface area (Å²) < 4.78 is 1.57. The van der Waals surface area contributed by atoms with Crippen LogP contribution in [0.5, 0.6) is 0 Å². The lowest BCUT2D eigenvalue weighted by Gasteiger charge is -2.03. The number of anilines is 1. The third kappa shape index (κ3) is 3.38. The number of nitrogens with zero attached hydrogens (tertiary/aromatic N) is 3. The topological polar surface area (TPSA) is 75.6 Å². The summed E-state index contributed by atoms with van der Waals surface area (Å²) >= 11 is 6.13. The lowest BCUT2D eigenvalue weighted by atomic mass is 10.2. The number of aromatic amines is 1. The maximum Gasteiger partial charge on any atom is 0.248 e. The Hall–Kier alpha value is -2.86. The van der Waals surface area contributed by atoms with E-state index in [4.69, 9.17) is 11.6 Å². The number of carbonyl (C=O) groups is 1. The molecule has 0 aliphatic heterocycles. The Kier molecular flexibility index (Phi) is 4.48. The number of H-pyrrole nitrogens is 1. The number of hydrogen-bond acceptors (Lipinski definition) is 3. The zero-order valence-corrected chi connectivity index (χ0v) is 14.0. The summed E-state index contributed by atoms with van der Waals surface area (Å²) in [7, 11) is 1.76. The van der Waals surface area contributed by atoms with Crippen LogP contribution < -0.4 is 5.32 Å². The van der Waals surface area contributed by atoms with E-state index in [1.165, 1.54) is 6.08 Å². The molecule has 3 rings (SSSR count). The quantitative estimate of drug-likeness (QED) is 0.714. The molecule has 3 aromatic rings. The highest BCUT2D eigenvalue weighted by molar-refractivity contribution is 6.31. The fourth-order valence-corrected chi connectivity index (χ4v) is 2.55. The number of imidazole rings is 1. The predicted molar refractivity (Wildman–Crippen MR) is 94.6 cm³/mol. The number of rotatable bonds is 4. The second-order valence-electron chi connectivity index (χ2n) is 5.25. The van der Waals surface area contributed by atoms with Gasteiger partial charge in [-0.3, -0.25) is 9.48 Å². The van der Waals surface area contributed by atoms with Crippen molar-refractivity contribution in [3.63, 3.8) is 0 Å². The molecule has 0 unspecified atom stereocenters. The van der Waals surface area contributed by atoms with E-state index in [2.05, 4.69) is 20.4 Å². The molecule has 0 fully saturated rings. The first-order valence-corrected chi connectivity index (χ1v) is 7.70. The first-order chi connectivity index (χ1) is 11.5. The van der Waals surface area contributed by atoms with E-state index in [1.807, 2.05) is 31.2 Å². The molecule has 2 aromatic heterocycles. The van der Waals surface area contributed by atoms with Crippen molar-refractivity contribution in [3.8, 4) is 11.4 Å². The summed E-state index contributed by atoms with van der Waals surface area (Å²) in [5.41, 5.74) is 3.16. The number of amides is 1. The van der Waals surface area contributed by atoms with Crippen LogP contribution >= 0.6 is 11.6 Å². The van der Waals surface area contributed by atoms with Gasteiger partial charge in [-0.15, -0.1) is 0 Å². The maximum absolute atomic E-state index is 12.0. The number of halogens is 1. The van der Waals surface area contributed by atoms with E-state index in [9.17, 15) is 4.79 Å². The highest BCUT2D eigenvalue weighted by atomic mass is 35.5. The van der Waals surface area contributed by atoms with Gasteiger partial charge in [-0.2, -0.15) is 5.10 Å². The number of benzene rings is 1. The summed E-state index contributed by atoms with van der Waals surface area (Å²) in [6.07, 6.45) is 6.57. The number of aryl methyl sites for hydroxylation is 2. The van der Waals surface area contributed by atoms with Gasteiger partial charge in [0.15, 0.2) is 0 Å². The van der Waals surface area contributed by atoms with Gasteiger partial charge in [-0.05, 0) is 37.3 Å². The molecule has 0 aliphatic carbocycles.